The molecule has 2 aromatic rings. The van der Waals surface area contributed by atoms with E-state index in [1.54, 1.807) is 12.1 Å². The topological polar surface area (TPSA) is 71.4 Å². The molecule has 1 N–H and O–H groups in total. The van der Waals surface area contributed by atoms with E-state index in [-0.39, 0.29) is 5.56 Å². The second-order valence-corrected chi connectivity index (χ2v) is 6.56. The van der Waals surface area contributed by atoms with Gasteiger partial charge < -0.3 is 10.2 Å². The Balaban J connectivity index is 1.79. The first-order valence-electron chi connectivity index (χ1n) is 9.03. The van der Waals surface area contributed by atoms with Crippen molar-refractivity contribution in [3.63, 3.8) is 0 Å². The van der Waals surface area contributed by atoms with Gasteiger partial charge in [-0.3, -0.25) is 19.0 Å². The molecular formula is C20H22FN3O3. The van der Waals surface area contributed by atoms with E-state index in [0.717, 1.165) is 42.6 Å². The number of likely N-dealkylation sites (tertiary alicyclic amines) is 1. The molecule has 1 amide bonds. The number of halogens is 1. The normalized spacial score (nSPS) is 15.4. The van der Waals surface area contributed by atoms with Crippen LogP contribution >= 0.6 is 0 Å². The fourth-order valence-corrected chi connectivity index (χ4v) is 3.24. The van der Waals surface area contributed by atoms with E-state index in [0.29, 0.717) is 13.1 Å². The number of Topliss-reactive ketones (excluding diaryl/α,β-unsaturated/α-hetero) is 1. The average Bonchev–Trinajstić information content (AvgIpc) is 3.17. The lowest BCUT2D eigenvalue weighted by molar-refractivity contribution is -0.123. The molecule has 1 aromatic heterocycles. The van der Waals surface area contributed by atoms with Crippen LogP contribution in [0.15, 0.2) is 53.5 Å². The predicted molar refractivity (Wildman–Crippen MR) is 99.2 cm³/mol. The van der Waals surface area contributed by atoms with Crippen LogP contribution in [0.4, 0.5) is 4.39 Å². The molecule has 1 aliphatic rings. The molecule has 0 radical (unpaired) electrons. The second-order valence-electron chi connectivity index (χ2n) is 6.56. The quantitative estimate of drug-likeness (QED) is 0.593. The van der Waals surface area contributed by atoms with Crippen LogP contribution in [0, 0.1) is 5.82 Å². The van der Waals surface area contributed by atoms with Gasteiger partial charge in [0.1, 0.15) is 5.82 Å². The summed E-state index contributed by atoms with van der Waals surface area (Å²) in [6, 6.07) is 8.04. The van der Waals surface area contributed by atoms with Crippen LogP contribution in [0.2, 0.25) is 0 Å². The Morgan fingerprint density at radius 2 is 1.78 bits per heavy atom. The van der Waals surface area contributed by atoms with Crippen LogP contribution in [-0.4, -0.2) is 47.3 Å². The molecule has 0 spiro atoms. The van der Waals surface area contributed by atoms with Crippen LogP contribution in [0.3, 0.4) is 0 Å². The van der Waals surface area contributed by atoms with E-state index in [1.165, 1.54) is 24.4 Å². The number of hydrogen-bond donors (Lipinski definition) is 1. The summed E-state index contributed by atoms with van der Waals surface area (Å²) >= 11 is 0. The van der Waals surface area contributed by atoms with Gasteiger partial charge >= 0.3 is 0 Å². The molecule has 7 heteroatoms. The van der Waals surface area contributed by atoms with Crippen molar-refractivity contribution in [1.29, 1.82) is 0 Å². The number of rotatable bonds is 7. The Kier molecular flexibility index (Phi) is 6.13. The van der Waals surface area contributed by atoms with Crippen LogP contribution in [0.25, 0.3) is 0 Å². The Morgan fingerprint density at radius 3 is 2.44 bits per heavy atom. The van der Waals surface area contributed by atoms with Gasteiger partial charge in [-0.05, 0) is 56.3 Å². The van der Waals surface area contributed by atoms with Gasteiger partial charge in [0.2, 0.25) is 0 Å². The molecule has 3 rings (SSSR count). The number of nitrogens with one attached hydrogen (secondary N) is 1. The lowest BCUT2D eigenvalue weighted by Gasteiger charge is -2.20. The number of carbonyl (C=O) groups is 2. The highest BCUT2D eigenvalue weighted by atomic mass is 19.1. The third kappa shape index (κ3) is 4.68. The van der Waals surface area contributed by atoms with E-state index >= 15 is 0 Å². The molecule has 1 atom stereocenters. The van der Waals surface area contributed by atoms with Crippen molar-refractivity contribution in [1.82, 2.24) is 14.8 Å². The third-order valence-electron chi connectivity index (χ3n) is 4.68. The number of pyridine rings is 1. The third-order valence-corrected chi connectivity index (χ3v) is 4.68. The van der Waals surface area contributed by atoms with Crippen LogP contribution < -0.4 is 10.9 Å². The highest BCUT2D eigenvalue weighted by molar-refractivity contribution is 6.11. The zero-order valence-electron chi connectivity index (χ0n) is 14.9. The number of carbonyl (C=O) groups excluding carboxylic acids is 2. The van der Waals surface area contributed by atoms with Crippen molar-refractivity contribution in [2.75, 3.05) is 26.2 Å². The number of amides is 1. The summed E-state index contributed by atoms with van der Waals surface area (Å²) in [5.74, 6) is -1.58. The Bertz CT molecular complexity index is 857. The highest BCUT2D eigenvalue weighted by Gasteiger charge is 2.30. The lowest BCUT2D eigenvalue weighted by atomic mass is 10.0. The number of benzene rings is 1. The van der Waals surface area contributed by atoms with E-state index in [4.69, 9.17) is 0 Å². The molecule has 27 heavy (non-hydrogen) atoms. The van der Waals surface area contributed by atoms with Gasteiger partial charge in [-0.25, -0.2) is 4.39 Å². The predicted octanol–water partition coefficient (Wildman–Crippen LogP) is 1.62. The van der Waals surface area contributed by atoms with Crippen LogP contribution in [0.5, 0.6) is 0 Å². The number of aromatic nitrogens is 1. The SMILES string of the molecule is O=C(NCCN1CCCC1)[C@@H](C(=O)c1ccc(F)cc1)n1ccccc1=O. The van der Waals surface area contributed by atoms with Gasteiger partial charge in [0.25, 0.3) is 11.5 Å². The lowest BCUT2D eigenvalue weighted by Crippen LogP contribution is -2.43. The molecule has 1 aromatic carbocycles. The molecule has 0 unspecified atom stereocenters. The molecular weight excluding hydrogens is 349 g/mol. The zero-order valence-corrected chi connectivity index (χ0v) is 14.9. The summed E-state index contributed by atoms with van der Waals surface area (Å²) < 4.78 is 14.3. The number of hydrogen-bond acceptors (Lipinski definition) is 4. The van der Waals surface area contributed by atoms with Gasteiger partial charge in [0, 0.05) is 30.9 Å². The molecule has 6 nitrogen and oxygen atoms in total. The van der Waals surface area contributed by atoms with Crippen molar-refractivity contribution in [2.45, 2.75) is 18.9 Å². The fraction of sp³-hybridized carbons (Fsp3) is 0.350. The summed E-state index contributed by atoms with van der Waals surface area (Å²) in [5, 5.41) is 2.76. The smallest absolute Gasteiger partial charge is 0.251 e. The first kappa shape index (κ1) is 19.0. The Morgan fingerprint density at radius 1 is 1.07 bits per heavy atom. The maximum absolute atomic E-state index is 13.2. The Hall–Kier alpha value is -2.80. The van der Waals surface area contributed by atoms with E-state index < -0.39 is 29.1 Å². The van der Waals surface area contributed by atoms with Crippen LogP contribution in [-0.2, 0) is 4.79 Å². The summed E-state index contributed by atoms with van der Waals surface area (Å²) in [7, 11) is 0. The number of ketones is 1. The molecule has 0 saturated carbocycles. The first-order valence-corrected chi connectivity index (χ1v) is 9.03. The highest BCUT2D eigenvalue weighted by Crippen LogP contribution is 2.15. The maximum atomic E-state index is 13.2. The average molecular weight is 371 g/mol. The van der Waals surface area contributed by atoms with Gasteiger partial charge in [0.15, 0.2) is 11.8 Å². The molecule has 1 fully saturated rings. The molecule has 0 aliphatic carbocycles. The minimum absolute atomic E-state index is 0.173. The van der Waals surface area contributed by atoms with E-state index in [1.807, 2.05) is 0 Å². The monoisotopic (exact) mass is 371 g/mol. The largest absolute Gasteiger partial charge is 0.353 e. The summed E-state index contributed by atoms with van der Waals surface area (Å²) in [6.45, 7) is 3.11. The van der Waals surface area contributed by atoms with Crippen molar-refractivity contribution in [2.24, 2.45) is 0 Å². The molecule has 1 aliphatic heterocycles. The molecule has 142 valence electrons. The van der Waals surface area contributed by atoms with Gasteiger partial charge in [-0.15, -0.1) is 0 Å². The minimum Gasteiger partial charge on any atom is -0.353 e. The van der Waals surface area contributed by atoms with Gasteiger partial charge in [-0.2, -0.15) is 0 Å². The fourth-order valence-electron chi connectivity index (χ4n) is 3.24. The zero-order chi connectivity index (χ0) is 19.2. The minimum atomic E-state index is -1.33. The molecule has 1 saturated heterocycles. The standard InChI is InChI=1S/C20H22FN3O3/c21-16-8-6-15(7-9-16)19(26)18(24-13-2-1-5-17(24)25)20(27)22-10-14-23-11-3-4-12-23/h1-2,5-9,13,18H,3-4,10-12,14H2,(H,22,27)/t18-/m1/s1. The summed E-state index contributed by atoms with van der Waals surface area (Å²) in [4.78, 5) is 40.1. The maximum Gasteiger partial charge on any atom is 0.251 e. The summed E-state index contributed by atoms with van der Waals surface area (Å²) in [6.07, 6.45) is 3.71. The van der Waals surface area contributed by atoms with Crippen molar-refractivity contribution in [3.05, 3.63) is 70.4 Å². The first-order chi connectivity index (χ1) is 13.1. The van der Waals surface area contributed by atoms with Crippen molar-refractivity contribution < 1.29 is 14.0 Å². The number of nitrogens with zero attached hydrogens (tertiary/aromatic N) is 2. The second kappa shape index (κ2) is 8.73. The molecule has 2 heterocycles. The molecule has 0 bridgehead atoms. The van der Waals surface area contributed by atoms with E-state index in [9.17, 15) is 18.8 Å². The summed E-state index contributed by atoms with van der Waals surface area (Å²) in [5.41, 5.74) is -0.278. The van der Waals surface area contributed by atoms with Gasteiger partial charge in [0.05, 0.1) is 0 Å². The van der Waals surface area contributed by atoms with Crippen molar-refractivity contribution >= 4 is 11.7 Å². The van der Waals surface area contributed by atoms with Crippen molar-refractivity contribution in [3.8, 4) is 0 Å². The Labute approximate surface area is 156 Å². The van der Waals surface area contributed by atoms with Crippen LogP contribution in [0.1, 0.15) is 29.2 Å². The van der Waals surface area contributed by atoms with Gasteiger partial charge in [-0.1, -0.05) is 6.07 Å². The van der Waals surface area contributed by atoms with E-state index in [2.05, 4.69) is 10.2 Å².